The first-order valence-electron chi connectivity index (χ1n) is 9.19. The minimum atomic E-state index is -0.00488. The van der Waals surface area contributed by atoms with Gasteiger partial charge in [-0.05, 0) is 68.9 Å². The molecule has 0 spiro atoms. The molecule has 5 heteroatoms. The van der Waals surface area contributed by atoms with Crippen LogP contribution in [0.2, 0.25) is 0 Å². The number of para-hydroxylation sites is 1. The van der Waals surface area contributed by atoms with Crippen molar-refractivity contribution in [3.8, 4) is 0 Å². The number of aromatic nitrogens is 2. The fourth-order valence-corrected chi connectivity index (χ4v) is 3.91. The van der Waals surface area contributed by atoms with Crippen molar-refractivity contribution >= 4 is 23.0 Å². The van der Waals surface area contributed by atoms with Crippen LogP contribution < -0.4 is 10.2 Å². The highest BCUT2D eigenvalue weighted by Gasteiger charge is 2.41. The molecule has 1 aliphatic heterocycles. The van der Waals surface area contributed by atoms with E-state index in [4.69, 9.17) is 12.2 Å². The SMILES string of the molecule is CC(C)(C)n1ccc([C@H]2[C@@H](c3ccccn3)NC(=S)N2c2ccccc2)c1. The van der Waals surface area contributed by atoms with Crippen molar-refractivity contribution in [1.29, 1.82) is 0 Å². The van der Waals surface area contributed by atoms with E-state index < -0.39 is 0 Å². The highest BCUT2D eigenvalue weighted by atomic mass is 32.1. The van der Waals surface area contributed by atoms with Crippen LogP contribution in [-0.2, 0) is 5.54 Å². The molecule has 0 aliphatic carbocycles. The number of pyridine rings is 1. The monoisotopic (exact) mass is 376 g/mol. The van der Waals surface area contributed by atoms with Crippen LogP contribution in [0.25, 0.3) is 0 Å². The van der Waals surface area contributed by atoms with Gasteiger partial charge in [0.25, 0.3) is 0 Å². The van der Waals surface area contributed by atoms with Gasteiger partial charge in [-0.15, -0.1) is 0 Å². The van der Waals surface area contributed by atoms with Crippen molar-refractivity contribution in [2.24, 2.45) is 0 Å². The summed E-state index contributed by atoms with van der Waals surface area (Å²) in [6.45, 7) is 6.62. The van der Waals surface area contributed by atoms with Crippen LogP contribution >= 0.6 is 12.2 Å². The van der Waals surface area contributed by atoms with Gasteiger partial charge >= 0.3 is 0 Å². The Morgan fingerprint density at radius 2 is 1.74 bits per heavy atom. The summed E-state index contributed by atoms with van der Waals surface area (Å²) in [5, 5.41) is 4.23. The minimum Gasteiger partial charge on any atom is -0.351 e. The van der Waals surface area contributed by atoms with Gasteiger partial charge in [0.15, 0.2) is 5.11 Å². The van der Waals surface area contributed by atoms with Crippen molar-refractivity contribution in [3.63, 3.8) is 0 Å². The molecule has 3 aromatic rings. The Morgan fingerprint density at radius 3 is 2.37 bits per heavy atom. The molecule has 138 valence electrons. The van der Waals surface area contributed by atoms with Crippen LogP contribution in [0.3, 0.4) is 0 Å². The van der Waals surface area contributed by atoms with Crippen molar-refractivity contribution in [2.45, 2.75) is 38.4 Å². The molecule has 4 nitrogen and oxygen atoms in total. The second kappa shape index (κ2) is 6.82. The van der Waals surface area contributed by atoms with E-state index in [0.717, 1.165) is 16.5 Å². The van der Waals surface area contributed by atoms with E-state index in [0.29, 0.717) is 0 Å². The molecule has 27 heavy (non-hydrogen) atoms. The average Bonchev–Trinajstić information content (AvgIpc) is 3.27. The number of hydrogen-bond acceptors (Lipinski definition) is 2. The fraction of sp³-hybridized carbons (Fsp3) is 0.273. The van der Waals surface area contributed by atoms with Gasteiger partial charge in [0.1, 0.15) is 0 Å². The molecule has 2 aromatic heterocycles. The van der Waals surface area contributed by atoms with Crippen molar-refractivity contribution < 1.29 is 0 Å². The Hall–Kier alpha value is -2.66. The molecular weight excluding hydrogens is 352 g/mol. The van der Waals surface area contributed by atoms with Crippen molar-refractivity contribution in [2.75, 3.05) is 4.90 Å². The van der Waals surface area contributed by atoms with E-state index in [2.05, 4.69) is 77.2 Å². The number of rotatable bonds is 3. The molecule has 4 rings (SSSR count). The average molecular weight is 377 g/mol. The zero-order chi connectivity index (χ0) is 19.0. The van der Waals surface area contributed by atoms with Crippen molar-refractivity contribution in [3.05, 3.63) is 84.4 Å². The molecule has 3 heterocycles. The van der Waals surface area contributed by atoms with Crippen LogP contribution in [0.1, 0.15) is 44.1 Å². The Kier molecular flexibility index (Phi) is 4.48. The first-order chi connectivity index (χ1) is 12.9. The van der Waals surface area contributed by atoms with E-state index in [-0.39, 0.29) is 17.6 Å². The zero-order valence-corrected chi connectivity index (χ0v) is 16.6. The van der Waals surface area contributed by atoms with Gasteiger partial charge < -0.3 is 14.8 Å². The lowest BCUT2D eigenvalue weighted by Gasteiger charge is -2.27. The predicted octanol–water partition coefficient (Wildman–Crippen LogP) is 4.82. The minimum absolute atomic E-state index is 0.00488. The van der Waals surface area contributed by atoms with E-state index in [1.807, 2.05) is 36.5 Å². The third-order valence-corrected chi connectivity index (χ3v) is 5.28. The maximum absolute atomic E-state index is 5.74. The normalized spacial score (nSPS) is 20.0. The summed E-state index contributed by atoms with van der Waals surface area (Å²) in [4.78, 5) is 6.80. The molecule has 0 radical (unpaired) electrons. The summed E-state index contributed by atoms with van der Waals surface area (Å²) in [6.07, 6.45) is 6.21. The first kappa shape index (κ1) is 17.7. The molecule has 0 saturated carbocycles. The maximum atomic E-state index is 5.74. The fourth-order valence-electron chi connectivity index (χ4n) is 3.57. The quantitative estimate of drug-likeness (QED) is 0.665. The van der Waals surface area contributed by atoms with Gasteiger partial charge in [0, 0.05) is 29.8 Å². The van der Waals surface area contributed by atoms with Crippen molar-refractivity contribution in [1.82, 2.24) is 14.9 Å². The third kappa shape index (κ3) is 3.35. The van der Waals surface area contributed by atoms with Gasteiger partial charge in [-0.1, -0.05) is 24.3 Å². The lowest BCUT2D eigenvalue weighted by molar-refractivity contribution is 0.397. The smallest absolute Gasteiger partial charge is 0.174 e. The largest absolute Gasteiger partial charge is 0.351 e. The topological polar surface area (TPSA) is 33.1 Å². The zero-order valence-electron chi connectivity index (χ0n) is 15.8. The van der Waals surface area contributed by atoms with Crippen LogP contribution in [0.15, 0.2) is 73.2 Å². The van der Waals surface area contributed by atoms with Gasteiger partial charge in [-0.25, -0.2) is 0 Å². The van der Waals surface area contributed by atoms with Gasteiger partial charge in [-0.3, -0.25) is 4.98 Å². The van der Waals surface area contributed by atoms with E-state index in [1.54, 1.807) is 0 Å². The number of anilines is 1. The Labute approximate surface area is 165 Å². The number of nitrogens with zero attached hydrogens (tertiary/aromatic N) is 3. The summed E-state index contributed by atoms with van der Waals surface area (Å²) in [5.41, 5.74) is 3.33. The van der Waals surface area contributed by atoms with Gasteiger partial charge in [-0.2, -0.15) is 0 Å². The number of thiocarbonyl (C=S) groups is 1. The summed E-state index contributed by atoms with van der Waals surface area (Å²) >= 11 is 5.74. The highest BCUT2D eigenvalue weighted by Crippen LogP contribution is 2.41. The Morgan fingerprint density at radius 1 is 1.00 bits per heavy atom. The van der Waals surface area contributed by atoms with Crippen LogP contribution in [0, 0.1) is 0 Å². The summed E-state index contributed by atoms with van der Waals surface area (Å²) in [7, 11) is 0. The number of benzene rings is 1. The summed E-state index contributed by atoms with van der Waals surface area (Å²) < 4.78 is 2.25. The Balaban J connectivity index is 1.82. The molecule has 0 unspecified atom stereocenters. The van der Waals surface area contributed by atoms with E-state index in [9.17, 15) is 0 Å². The second-order valence-corrected chi connectivity index (χ2v) is 8.24. The molecular formula is C22H24N4S. The lowest BCUT2D eigenvalue weighted by atomic mass is 9.98. The molecule has 1 saturated heterocycles. The summed E-state index contributed by atoms with van der Waals surface area (Å²) in [5.74, 6) is 0. The third-order valence-electron chi connectivity index (χ3n) is 4.96. The molecule has 1 aliphatic rings. The number of nitrogens with one attached hydrogen (secondary N) is 1. The lowest BCUT2D eigenvalue weighted by Crippen LogP contribution is -2.29. The van der Waals surface area contributed by atoms with Crippen LogP contribution in [0.5, 0.6) is 0 Å². The first-order valence-corrected chi connectivity index (χ1v) is 9.60. The second-order valence-electron chi connectivity index (χ2n) is 7.86. The highest BCUT2D eigenvalue weighted by molar-refractivity contribution is 7.80. The Bertz CT molecular complexity index is 928. The standard InChI is InChI=1S/C22H24N4S/c1-22(2,3)25-14-12-16(15-25)20-19(18-11-7-8-13-23-18)24-21(27)26(20)17-9-5-4-6-10-17/h4-15,19-20H,1-3H3,(H,24,27)/t19-,20+/m1/s1. The van der Waals surface area contributed by atoms with E-state index in [1.165, 1.54) is 5.56 Å². The molecule has 1 N–H and O–H groups in total. The molecule has 1 aromatic carbocycles. The summed E-state index contributed by atoms with van der Waals surface area (Å²) in [6, 6.07) is 18.6. The number of hydrogen-bond donors (Lipinski definition) is 1. The molecule has 0 amide bonds. The molecule has 1 fully saturated rings. The van der Waals surface area contributed by atoms with Gasteiger partial charge in [0.05, 0.1) is 17.8 Å². The van der Waals surface area contributed by atoms with E-state index >= 15 is 0 Å². The molecule has 2 atom stereocenters. The van der Waals surface area contributed by atoms with Crippen LogP contribution in [-0.4, -0.2) is 14.7 Å². The molecule has 0 bridgehead atoms. The predicted molar refractivity (Wildman–Crippen MR) is 114 cm³/mol. The van der Waals surface area contributed by atoms with Crippen LogP contribution in [0.4, 0.5) is 5.69 Å². The maximum Gasteiger partial charge on any atom is 0.174 e. The van der Waals surface area contributed by atoms with Gasteiger partial charge in [0.2, 0.25) is 0 Å².